The zero-order chi connectivity index (χ0) is 44.7. The molecule has 8 rings (SSSR count). The molecular formula is C46H50Cl2N10O3S2. The molecule has 2 amide bonds. The molecule has 2 aliphatic rings. The Morgan fingerprint density at radius 1 is 0.635 bits per heavy atom. The number of hydrogen-bond donors (Lipinski definition) is 2. The third-order valence-corrected chi connectivity index (χ3v) is 14.9. The maximum atomic E-state index is 14.0. The second kappa shape index (κ2) is 18.6. The summed E-state index contributed by atoms with van der Waals surface area (Å²) in [5.41, 5.74) is 7.70. The molecule has 63 heavy (non-hydrogen) atoms. The van der Waals surface area contributed by atoms with Crippen molar-refractivity contribution in [1.82, 2.24) is 40.2 Å². The van der Waals surface area contributed by atoms with Gasteiger partial charge in [0.15, 0.2) is 11.6 Å². The first-order chi connectivity index (χ1) is 30.3. The van der Waals surface area contributed by atoms with Crippen LogP contribution in [0.1, 0.15) is 105 Å². The van der Waals surface area contributed by atoms with Crippen LogP contribution in [0, 0.1) is 53.4 Å². The number of hydrogen-bond acceptors (Lipinski definition) is 11. The fourth-order valence-electron chi connectivity index (χ4n) is 8.41. The molecule has 0 radical (unpaired) electrons. The van der Waals surface area contributed by atoms with Crippen LogP contribution in [0.25, 0.3) is 10.0 Å². The predicted molar refractivity (Wildman–Crippen MR) is 251 cm³/mol. The Bertz CT molecular complexity index is 2560. The van der Waals surface area contributed by atoms with Crippen molar-refractivity contribution in [3.63, 3.8) is 0 Å². The summed E-state index contributed by atoms with van der Waals surface area (Å²) in [5, 5.41) is 27.5. The van der Waals surface area contributed by atoms with E-state index in [1.54, 1.807) is 22.7 Å². The first kappa shape index (κ1) is 44.5. The minimum absolute atomic E-state index is 0.153. The molecule has 0 aliphatic carbocycles. The summed E-state index contributed by atoms with van der Waals surface area (Å²) in [5.74, 6) is 1.36. The van der Waals surface area contributed by atoms with Gasteiger partial charge < -0.3 is 15.4 Å². The summed E-state index contributed by atoms with van der Waals surface area (Å²) in [4.78, 5) is 41.0. The van der Waals surface area contributed by atoms with Gasteiger partial charge in [-0.1, -0.05) is 61.3 Å². The Morgan fingerprint density at radius 2 is 1.02 bits per heavy atom. The first-order valence-electron chi connectivity index (χ1n) is 21.2. The van der Waals surface area contributed by atoms with E-state index in [9.17, 15) is 9.59 Å². The molecule has 0 saturated heterocycles. The molecule has 0 fully saturated rings. The van der Waals surface area contributed by atoms with Crippen LogP contribution in [0.4, 0.5) is 0 Å². The van der Waals surface area contributed by atoms with E-state index in [1.165, 1.54) is 9.75 Å². The van der Waals surface area contributed by atoms with E-state index >= 15 is 0 Å². The van der Waals surface area contributed by atoms with E-state index in [1.807, 2.05) is 76.2 Å². The smallest absolute Gasteiger partial charge is 0.225 e. The number of carbonyl (C=O) groups excluding carboxylic acids is 2. The quantitative estimate of drug-likeness (QED) is 0.104. The van der Waals surface area contributed by atoms with E-state index in [4.69, 9.17) is 37.9 Å². The SMILES string of the molecule is CC[C@@H](C(=O)NCCOCCNC(=O)[C@H](CC)[C@@H]1N=C(c2ccc(Cl)cc2)c2c(sc(C)c2C)-n2c(C)nnc21)[C@@H]1N=C(c2ccc(Cl)cc2)c2c(sc(C)c2C)-n2c(C)nnc21. The van der Waals surface area contributed by atoms with Crippen LogP contribution in [0.5, 0.6) is 0 Å². The molecule has 13 nitrogen and oxygen atoms in total. The summed E-state index contributed by atoms with van der Waals surface area (Å²) >= 11 is 15.9. The maximum Gasteiger partial charge on any atom is 0.225 e. The number of thiophene rings is 2. The lowest BCUT2D eigenvalue weighted by molar-refractivity contribution is -0.126. The van der Waals surface area contributed by atoms with Crippen molar-refractivity contribution in [1.29, 1.82) is 0 Å². The number of aliphatic imine (C=N–C) groups is 2. The second-order valence-corrected chi connectivity index (χ2v) is 19.2. The number of rotatable bonds is 14. The number of aryl methyl sites for hydroxylation is 4. The molecule has 17 heteroatoms. The molecule has 328 valence electrons. The first-order valence-corrected chi connectivity index (χ1v) is 23.6. The highest BCUT2D eigenvalue weighted by atomic mass is 35.5. The fourth-order valence-corrected chi connectivity index (χ4v) is 11.1. The summed E-state index contributed by atoms with van der Waals surface area (Å²) < 4.78 is 10.1. The van der Waals surface area contributed by atoms with Crippen molar-refractivity contribution in [2.24, 2.45) is 21.8 Å². The minimum Gasteiger partial charge on any atom is -0.378 e. The molecule has 4 aromatic heterocycles. The number of benzene rings is 2. The Morgan fingerprint density at radius 3 is 1.38 bits per heavy atom. The van der Waals surface area contributed by atoms with Crippen LogP contribution < -0.4 is 10.6 Å². The standard InChI is InChI=1S/C46H50Cl2N10O3S2/c1-9-33(39-41-55-53-27(7)57(41)45-35(23(3)25(5)62-45)37(51-39)29-11-15-31(47)16-12-29)43(59)49-19-21-61-22-20-50-44(60)34(10-2)40-42-56-54-28(8)58(42)46-36(24(4)26(6)63-46)38(52-40)30-13-17-32(48)18-14-30/h11-18,33-34,39-40H,9-10,19-22H2,1-8H3,(H,49,59)(H,50,60)/t33-,34-,39+,40+/m1/s1. The largest absolute Gasteiger partial charge is 0.378 e. The molecule has 4 atom stereocenters. The molecule has 6 aromatic rings. The van der Waals surface area contributed by atoms with Crippen LogP contribution in [0.15, 0.2) is 58.5 Å². The van der Waals surface area contributed by atoms with Crippen molar-refractivity contribution in [3.05, 3.63) is 125 Å². The van der Waals surface area contributed by atoms with Crippen LogP contribution in [-0.4, -0.2) is 79.1 Å². The average molecular weight is 926 g/mol. The van der Waals surface area contributed by atoms with Gasteiger partial charge in [0, 0.05) is 55.1 Å². The lowest BCUT2D eigenvalue weighted by atomic mass is 9.94. The van der Waals surface area contributed by atoms with Crippen LogP contribution >= 0.6 is 45.9 Å². The highest BCUT2D eigenvalue weighted by Gasteiger charge is 2.39. The van der Waals surface area contributed by atoms with E-state index in [0.29, 0.717) is 34.5 Å². The van der Waals surface area contributed by atoms with E-state index in [-0.39, 0.29) is 38.1 Å². The maximum absolute atomic E-state index is 14.0. The predicted octanol–water partition coefficient (Wildman–Crippen LogP) is 8.91. The molecular weight excluding hydrogens is 876 g/mol. The van der Waals surface area contributed by atoms with Crippen LogP contribution in [0.2, 0.25) is 10.0 Å². The Kier molecular flexibility index (Phi) is 13.1. The van der Waals surface area contributed by atoms with Crippen molar-refractivity contribution < 1.29 is 14.3 Å². The number of nitrogens with zero attached hydrogens (tertiary/aromatic N) is 8. The third-order valence-electron chi connectivity index (χ3n) is 12.0. The molecule has 6 heterocycles. The Balaban J connectivity index is 0.928. The summed E-state index contributed by atoms with van der Waals surface area (Å²) in [7, 11) is 0. The Hall–Kier alpha value is -5.06. The number of nitrogens with one attached hydrogen (secondary N) is 2. The van der Waals surface area contributed by atoms with Gasteiger partial charge in [0.05, 0.1) is 36.5 Å². The molecule has 0 saturated carbocycles. The van der Waals surface area contributed by atoms with Crippen molar-refractivity contribution in [2.75, 3.05) is 26.3 Å². The fraction of sp³-hybridized carbons (Fsp3) is 0.391. The second-order valence-electron chi connectivity index (χ2n) is 15.9. The van der Waals surface area contributed by atoms with Crippen molar-refractivity contribution in [2.45, 2.75) is 80.3 Å². The van der Waals surface area contributed by atoms with Gasteiger partial charge in [-0.05, 0) is 89.8 Å². The number of amides is 2. The van der Waals surface area contributed by atoms with Gasteiger partial charge in [0.2, 0.25) is 11.8 Å². The highest BCUT2D eigenvalue weighted by Crippen LogP contribution is 2.43. The number of fused-ring (bicyclic) bond motifs is 6. The zero-order valence-corrected chi connectivity index (χ0v) is 39.7. The number of carbonyl (C=O) groups is 2. The van der Waals surface area contributed by atoms with Gasteiger partial charge in [-0.2, -0.15) is 0 Å². The average Bonchev–Trinajstić information content (AvgIpc) is 3.95. The van der Waals surface area contributed by atoms with Gasteiger partial charge in [0.25, 0.3) is 0 Å². The summed E-state index contributed by atoms with van der Waals surface area (Å²) in [6.07, 6.45) is 1.04. The molecule has 0 bridgehead atoms. The molecule has 0 spiro atoms. The van der Waals surface area contributed by atoms with Gasteiger partial charge >= 0.3 is 0 Å². The summed E-state index contributed by atoms with van der Waals surface area (Å²) in [6, 6.07) is 14.1. The molecule has 2 N–H and O–H groups in total. The lowest BCUT2D eigenvalue weighted by Crippen LogP contribution is -2.37. The molecule has 2 aromatic carbocycles. The Labute approximate surface area is 385 Å². The third kappa shape index (κ3) is 8.41. The van der Waals surface area contributed by atoms with E-state index < -0.39 is 23.9 Å². The van der Waals surface area contributed by atoms with Crippen LogP contribution in [-0.2, 0) is 14.3 Å². The van der Waals surface area contributed by atoms with Crippen molar-refractivity contribution in [3.8, 4) is 10.0 Å². The van der Waals surface area contributed by atoms with Gasteiger partial charge in [-0.25, -0.2) is 0 Å². The van der Waals surface area contributed by atoms with Gasteiger partial charge in [-0.15, -0.1) is 43.1 Å². The summed E-state index contributed by atoms with van der Waals surface area (Å²) in [6.45, 7) is 17.3. The van der Waals surface area contributed by atoms with Gasteiger partial charge in [0.1, 0.15) is 33.7 Å². The monoisotopic (exact) mass is 924 g/mol. The highest BCUT2D eigenvalue weighted by molar-refractivity contribution is 7.15. The van der Waals surface area contributed by atoms with Crippen molar-refractivity contribution >= 4 is 69.1 Å². The number of ether oxygens (including phenoxy) is 1. The van der Waals surface area contributed by atoms with E-state index in [0.717, 1.165) is 66.5 Å². The number of halogens is 2. The normalized spacial score (nSPS) is 16.4. The topological polar surface area (TPSA) is 154 Å². The molecule has 2 aliphatic heterocycles. The van der Waals surface area contributed by atoms with E-state index in [2.05, 4.69) is 67.9 Å². The lowest BCUT2D eigenvalue weighted by Gasteiger charge is -2.22. The zero-order valence-electron chi connectivity index (χ0n) is 36.5. The molecule has 0 unspecified atom stereocenters. The van der Waals surface area contributed by atoms with Crippen LogP contribution in [0.3, 0.4) is 0 Å². The minimum atomic E-state index is -0.596. The van der Waals surface area contributed by atoms with Gasteiger partial charge in [-0.3, -0.25) is 28.7 Å². The number of aromatic nitrogens is 6.